The molecule has 2 aromatic rings. The SMILES string of the molecule is CC(C)[C@H]1CN(C(=O)c2cc(C(F)F)nn2C)C[C@@H](c2ccccc2)O1. The molecule has 2 heterocycles. The molecule has 140 valence electrons. The van der Waals surface area contributed by atoms with Crippen LogP contribution in [-0.2, 0) is 11.8 Å². The minimum Gasteiger partial charge on any atom is -0.366 e. The molecular formula is C19H23F2N3O2. The van der Waals surface area contributed by atoms with Gasteiger partial charge in [-0.05, 0) is 17.5 Å². The lowest BCUT2D eigenvalue weighted by Gasteiger charge is -2.40. The Hall–Kier alpha value is -2.28. The second-order valence-electron chi connectivity index (χ2n) is 6.91. The minimum absolute atomic E-state index is 0.124. The van der Waals surface area contributed by atoms with Crippen LogP contribution in [0.25, 0.3) is 0 Å². The van der Waals surface area contributed by atoms with E-state index in [9.17, 15) is 13.6 Å². The van der Waals surface area contributed by atoms with E-state index in [-0.39, 0.29) is 35.4 Å². The third-order valence-corrected chi connectivity index (χ3v) is 4.67. The van der Waals surface area contributed by atoms with Crippen LogP contribution < -0.4 is 0 Å². The van der Waals surface area contributed by atoms with Crippen LogP contribution in [0.2, 0.25) is 0 Å². The third kappa shape index (κ3) is 3.77. The predicted octanol–water partition coefficient (Wildman–Crippen LogP) is 3.60. The van der Waals surface area contributed by atoms with E-state index in [1.807, 2.05) is 44.2 Å². The average molecular weight is 363 g/mol. The number of hydrogen-bond acceptors (Lipinski definition) is 3. The fourth-order valence-corrected chi connectivity index (χ4v) is 3.13. The maximum Gasteiger partial charge on any atom is 0.282 e. The van der Waals surface area contributed by atoms with Crippen molar-refractivity contribution < 1.29 is 18.3 Å². The maximum absolute atomic E-state index is 13.0. The number of aromatic nitrogens is 2. The summed E-state index contributed by atoms with van der Waals surface area (Å²) in [6, 6.07) is 10.9. The first-order valence-electron chi connectivity index (χ1n) is 8.68. The van der Waals surface area contributed by atoms with Crippen molar-refractivity contribution in [1.29, 1.82) is 0 Å². The first-order valence-corrected chi connectivity index (χ1v) is 8.68. The van der Waals surface area contributed by atoms with Crippen molar-refractivity contribution in [3.05, 3.63) is 53.3 Å². The fraction of sp³-hybridized carbons (Fsp3) is 0.474. The van der Waals surface area contributed by atoms with Crippen LogP contribution in [0.1, 0.15) is 48.1 Å². The highest BCUT2D eigenvalue weighted by Crippen LogP contribution is 2.29. The van der Waals surface area contributed by atoms with E-state index in [1.165, 1.54) is 17.8 Å². The summed E-state index contributed by atoms with van der Waals surface area (Å²) in [7, 11) is 1.51. The molecule has 0 bridgehead atoms. The number of ether oxygens (including phenoxy) is 1. The van der Waals surface area contributed by atoms with E-state index >= 15 is 0 Å². The van der Waals surface area contributed by atoms with Gasteiger partial charge in [0.1, 0.15) is 17.5 Å². The summed E-state index contributed by atoms with van der Waals surface area (Å²) >= 11 is 0. The van der Waals surface area contributed by atoms with E-state index in [2.05, 4.69) is 5.10 Å². The van der Waals surface area contributed by atoms with Gasteiger partial charge in [0, 0.05) is 13.6 Å². The van der Waals surface area contributed by atoms with E-state index in [1.54, 1.807) is 4.90 Å². The highest BCUT2D eigenvalue weighted by atomic mass is 19.3. The van der Waals surface area contributed by atoms with Crippen molar-refractivity contribution in [3.63, 3.8) is 0 Å². The lowest BCUT2D eigenvalue weighted by atomic mass is 10.0. The Kier molecular flexibility index (Phi) is 5.36. The van der Waals surface area contributed by atoms with E-state index < -0.39 is 6.43 Å². The molecule has 1 saturated heterocycles. The molecule has 5 nitrogen and oxygen atoms in total. The molecule has 3 rings (SSSR count). The molecule has 1 amide bonds. The highest BCUT2D eigenvalue weighted by Gasteiger charge is 2.34. The molecule has 26 heavy (non-hydrogen) atoms. The Bertz CT molecular complexity index is 761. The third-order valence-electron chi connectivity index (χ3n) is 4.67. The summed E-state index contributed by atoms with van der Waals surface area (Å²) in [5.74, 6) is -0.0817. The quantitative estimate of drug-likeness (QED) is 0.834. The van der Waals surface area contributed by atoms with Gasteiger partial charge in [0.05, 0.1) is 12.6 Å². The number of aryl methyl sites for hydroxylation is 1. The number of amides is 1. The van der Waals surface area contributed by atoms with Gasteiger partial charge < -0.3 is 9.64 Å². The number of alkyl halides is 2. The molecule has 1 aliphatic heterocycles. The fourth-order valence-electron chi connectivity index (χ4n) is 3.13. The molecule has 1 aromatic carbocycles. The minimum atomic E-state index is -2.70. The summed E-state index contributed by atoms with van der Waals surface area (Å²) in [6.45, 7) is 4.88. The van der Waals surface area contributed by atoms with Gasteiger partial charge in [-0.25, -0.2) is 8.78 Å². The van der Waals surface area contributed by atoms with Gasteiger partial charge in [0.15, 0.2) is 0 Å². The van der Waals surface area contributed by atoms with Crippen molar-refractivity contribution in [2.75, 3.05) is 13.1 Å². The Morgan fingerprint density at radius 3 is 2.50 bits per heavy atom. The summed E-state index contributed by atoms with van der Waals surface area (Å²) in [5.41, 5.74) is 0.773. The molecule has 0 unspecified atom stereocenters. The lowest BCUT2D eigenvalue weighted by molar-refractivity contribution is -0.0956. The normalized spacial score (nSPS) is 20.8. The molecule has 1 aliphatic rings. The Morgan fingerprint density at radius 1 is 1.23 bits per heavy atom. The van der Waals surface area contributed by atoms with Gasteiger partial charge in [-0.2, -0.15) is 5.10 Å². The zero-order chi connectivity index (χ0) is 18.8. The molecule has 0 spiro atoms. The molecule has 0 N–H and O–H groups in total. The molecule has 7 heteroatoms. The van der Waals surface area contributed by atoms with Crippen LogP contribution >= 0.6 is 0 Å². The average Bonchev–Trinajstić information content (AvgIpc) is 3.03. The number of halogens is 2. The van der Waals surface area contributed by atoms with Gasteiger partial charge in [-0.3, -0.25) is 9.48 Å². The molecule has 0 saturated carbocycles. The van der Waals surface area contributed by atoms with Gasteiger partial charge in [-0.15, -0.1) is 0 Å². The summed E-state index contributed by atoms with van der Waals surface area (Å²) in [4.78, 5) is 14.6. The topological polar surface area (TPSA) is 47.4 Å². The number of carbonyl (C=O) groups is 1. The summed E-state index contributed by atoms with van der Waals surface area (Å²) in [6.07, 6.45) is -3.07. The Morgan fingerprint density at radius 2 is 1.92 bits per heavy atom. The second kappa shape index (κ2) is 7.53. The highest BCUT2D eigenvalue weighted by molar-refractivity contribution is 5.92. The molecule has 2 atom stereocenters. The standard InChI is InChI=1S/C19H23F2N3O2/c1-12(2)16-10-24(11-17(26-16)13-7-5-4-6-8-13)19(25)15-9-14(18(20)21)22-23(15)3/h4-9,12,16-18H,10-11H2,1-3H3/t16-,17+/m1/s1. The largest absolute Gasteiger partial charge is 0.366 e. The Balaban J connectivity index is 1.86. The van der Waals surface area contributed by atoms with Gasteiger partial charge in [0.25, 0.3) is 12.3 Å². The number of benzene rings is 1. The molecule has 1 aromatic heterocycles. The second-order valence-corrected chi connectivity index (χ2v) is 6.91. The lowest BCUT2D eigenvalue weighted by Crippen LogP contribution is -2.49. The summed E-state index contributed by atoms with van der Waals surface area (Å²) < 4.78 is 33.2. The van der Waals surface area contributed by atoms with E-state index in [4.69, 9.17) is 4.74 Å². The van der Waals surface area contributed by atoms with Crippen molar-refractivity contribution in [1.82, 2.24) is 14.7 Å². The number of carbonyl (C=O) groups excluding carboxylic acids is 1. The molecule has 1 fully saturated rings. The van der Waals surface area contributed by atoms with Crippen molar-refractivity contribution in [3.8, 4) is 0 Å². The molecule has 0 aliphatic carbocycles. The van der Waals surface area contributed by atoms with Crippen molar-refractivity contribution in [2.45, 2.75) is 32.5 Å². The monoisotopic (exact) mass is 363 g/mol. The van der Waals surface area contributed by atoms with Crippen LogP contribution in [0.4, 0.5) is 8.78 Å². The van der Waals surface area contributed by atoms with Crippen LogP contribution in [0, 0.1) is 5.92 Å². The molecule has 0 radical (unpaired) electrons. The van der Waals surface area contributed by atoms with Crippen LogP contribution in [-0.4, -0.2) is 39.8 Å². The molecular weight excluding hydrogens is 340 g/mol. The zero-order valence-electron chi connectivity index (χ0n) is 15.1. The number of hydrogen-bond donors (Lipinski definition) is 0. The first-order chi connectivity index (χ1) is 12.4. The van der Waals surface area contributed by atoms with E-state index in [0.717, 1.165) is 5.56 Å². The predicted molar refractivity (Wildman–Crippen MR) is 93.0 cm³/mol. The van der Waals surface area contributed by atoms with Crippen molar-refractivity contribution in [2.24, 2.45) is 13.0 Å². The van der Waals surface area contributed by atoms with E-state index in [0.29, 0.717) is 13.1 Å². The maximum atomic E-state index is 13.0. The van der Waals surface area contributed by atoms with Gasteiger partial charge >= 0.3 is 0 Å². The number of rotatable bonds is 4. The van der Waals surface area contributed by atoms with Crippen LogP contribution in [0.15, 0.2) is 36.4 Å². The van der Waals surface area contributed by atoms with Gasteiger partial charge in [-0.1, -0.05) is 44.2 Å². The number of nitrogens with zero attached hydrogens (tertiary/aromatic N) is 3. The van der Waals surface area contributed by atoms with Gasteiger partial charge in [0.2, 0.25) is 0 Å². The van der Waals surface area contributed by atoms with Crippen LogP contribution in [0.3, 0.4) is 0 Å². The zero-order valence-corrected chi connectivity index (χ0v) is 15.1. The smallest absolute Gasteiger partial charge is 0.282 e. The summed E-state index contributed by atoms with van der Waals surface area (Å²) in [5, 5.41) is 3.75. The van der Waals surface area contributed by atoms with Crippen LogP contribution in [0.5, 0.6) is 0 Å². The van der Waals surface area contributed by atoms with Crippen molar-refractivity contribution >= 4 is 5.91 Å². The Labute approximate surface area is 151 Å². The number of morpholine rings is 1. The first kappa shape index (κ1) is 18.5.